The summed E-state index contributed by atoms with van der Waals surface area (Å²) in [6, 6.07) is 2.47. The first kappa shape index (κ1) is 14.1. The van der Waals surface area contributed by atoms with E-state index in [4.69, 9.17) is 0 Å². The first-order valence-electron chi connectivity index (χ1n) is 6.17. The van der Waals surface area contributed by atoms with Crippen LogP contribution in [0, 0.1) is 5.82 Å². The molecule has 19 heavy (non-hydrogen) atoms. The first-order chi connectivity index (χ1) is 8.86. The smallest absolute Gasteiger partial charge is 0.393 e. The van der Waals surface area contributed by atoms with Crippen molar-refractivity contribution in [3.05, 3.63) is 29.6 Å². The number of hydrogen-bond donors (Lipinski definition) is 2. The van der Waals surface area contributed by atoms with Gasteiger partial charge in [-0.05, 0) is 43.9 Å². The average Bonchev–Trinajstić information content (AvgIpc) is 2.33. The summed E-state index contributed by atoms with van der Waals surface area (Å²) < 4.78 is 50.8. The van der Waals surface area contributed by atoms with Gasteiger partial charge in [0.1, 0.15) is 5.82 Å². The zero-order valence-corrected chi connectivity index (χ0v) is 10.2. The van der Waals surface area contributed by atoms with Crippen molar-refractivity contribution in [3.63, 3.8) is 0 Å². The molecule has 1 fully saturated rings. The van der Waals surface area contributed by atoms with E-state index in [1.165, 1.54) is 0 Å². The van der Waals surface area contributed by atoms with Gasteiger partial charge in [-0.2, -0.15) is 13.2 Å². The molecule has 0 unspecified atom stereocenters. The minimum atomic E-state index is -4.53. The van der Waals surface area contributed by atoms with E-state index in [-0.39, 0.29) is 17.8 Å². The van der Waals surface area contributed by atoms with Crippen molar-refractivity contribution < 1.29 is 22.7 Å². The van der Waals surface area contributed by atoms with E-state index in [0.29, 0.717) is 31.7 Å². The maximum absolute atomic E-state index is 13.6. The van der Waals surface area contributed by atoms with Gasteiger partial charge in [0.15, 0.2) is 0 Å². The normalized spacial score (nSPS) is 24.3. The van der Waals surface area contributed by atoms with E-state index in [0.717, 1.165) is 12.1 Å². The lowest BCUT2D eigenvalue weighted by molar-refractivity contribution is -0.137. The first-order valence-corrected chi connectivity index (χ1v) is 6.17. The average molecular weight is 277 g/mol. The van der Waals surface area contributed by atoms with Gasteiger partial charge in [0, 0.05) is 6.04 Å². The molecule has 1 aliphatic carbocycles. The molecule has 2 nitrogen and oxygen atoms in total. The molecule has 0 radical (unpaired) electrons. The van der Waals surface area contributed by atoms with Crippen LogP contribution in [0.5, 0.6) is 0 Å². The molecule has 0 spiro atoms. The Morgan fingerprint density at radius 2 is 1.74 bits per heavy atom. The number of alkyl halides is 3. The lowest BCUT2D eigenvalue weighted by Gasteiger charge is -2.27. The summed E-state index contributed by atoms with van der Waals surface area (Å²) in [6.45, 7) is 0. The second kappa shape index (κ2) is 5.36. The lowest BCUT2D eigenvalue weighted by Crippen LogP contribution is -2.28. The Labute approximate surface area is 108 Å². The zero-order chi connectivity index (χ0) is 14.0. The maximum atomic E-state index is 13.6. The minimum absolute atomic E-state index is 0.00497. The fourth-order valence-electron chi connectivity index (χ4n) is 2.25. The molecule has 2 N–H and O–H groups in total. The van der Waals surface area contributed by atoms with Gasteiger partial charge in [-0.3, -0.25) is 0 Å². The number of anilines is 1. The van der Waals surface area contributed by atoms with Crippen LogP contribution in [-0.2, 0) is 6.18 Å². The van der Waals surface area contributed by atoms with Crippen molar-refractivity contribution in [2.45, 2.75) is 44.0 Å². The van der Waals surface area contributed by atoms with Crippen LogP contribution >= 0.6 is 0 Å². The van der Waals surface area contributed by atoms with Crippen LogP contribution in [0.2, 0.25) is 0 Å². The number of rotatable bonds is 2. The Bertz CT molecular complexity index is 439. The lowest BCUT2D eigenvalue weighted by atomic mass is 9.93. The summed E-state index contributed by atoms with van der Waals surface area (Å²) in [6.07, 6.45) is -2.24. The van der Waals surface area contributed by atoms with E-state index in [1.54, 1.807) is 0 Å². The van der Waals surface area contributed by atoms with Gasteiger partial charge in [-0.15, -0.1) is 0 Å². The van der Waals surface area contributed by atoms with Crippen LogP contribution in [0.4, 0.5) is 23.2 Å². The standard InChI is InChI=1S/C13H15F4NO/c14-11-7-8(13(15,16)17)1-6-12(11)18-9-2-4-10(19)5-3-9/h1,6-7,9-10,18-19H,2-5H2. The topological polar surface area (TPSA) is 32.3 Å². The van der Waals surface area contributed by atoms with Gasteiger partial charge in [0.05, 0.1) is 17.4 Å². The van der Waals surface area contributed by atoms with Crippen LogP contribution < -0.4 is 5.32 Å². The highest BCUT2D eigenvalue weighted by Gasteiger charge is 2.31. The third kappa shape index (κ3) is 3.59. The molecule has 1 aromatic rings. The summed E-state index contributed by atoms with van der Waals surface area (Å²) in [5.41, 5.74) is -0.913. The van der Waals surface area contributed by atoms with Gasteiger partial charge in [0.25, 0.3) is 0 Å². The minimum Gasteiger partial charge on any atom is -0.393 e. The molecule has 2 rings (SSSR count). The van der Waals surface area contributed by atoms with Crippen LogP contribution in [0.1, 0.15) is 31.2 Å². The molecule has 0 atom stereocenters. The van der Waals surface area contributed by atoms with Crippen LogP contribution in [0.25, 0.3) is 0 Å². The number of aliphatic hydroxyl groups is 1. The van der Waals surface area contributed by atoms with Gasteiger partial charge in [-0.25, -0.2) is 4.39 Å². The second-order valence-electron chi connectivity index (χ2n) is 4.84. The molecular formula is C13H15F4NO. The highest BCUT2D eigenvalue weighted by molar-refractivity contribution is 5.47. The largest absolute Gasteiger partial charge is 0.416 e. The Kier molecular flexibility index (Phi) is 3.99. The Balaban J connectivity index is 2.05. The summed E-state index contributed by atoms with van der Waals surface area (Å²) in [5.74, 6) is -0.902. The number of hydrogen-bond acceptors (Lipinski definition) is 2. The molecule has 0 amide bonds. The van der Waals surface area contributed by atoms with E-state index < -0.39 is 17.6 Å². The monoisotopic (exact) mass is 277 g/mol. The molecule has 1 aromatic carbocycles. The third-order valence-electron chi connectivity index (χ3n) is 3.35. The van der Waals surface area contributed by atoms with E-state index in [1.807, 2.05) is 0 Å². The second-order valence-corrected chi connectivity index (χ2v) is 4.84. The van der Waals surface area contributed by atoms with E-state index in [2.05, 4.69) is 5.32 Å². The molecule has 1 saturated carbocycles. The van der Waals surface area contributed by atoms with E-state index in [9.17, 15) is 22.7 Å². The third-order valence-corrected chi connectivity index (χ3v) is 3.35. The SMILES string of the molecule is OC1CCC(Nc2ccc(C(F)(F)F)cc2F)CC1. The zero-order valence-electron chi connectivity index (χ0n) is 10.2. The van der Waals surface area contributed by atoms with Gasteiger partial charge in [0.2, 0.25) is 0 Å². The molecule has 0 bridgehead atoms. The number of halogens is 4. The number of aliphatic hydroxyl groups excluding tert-OH is 1. The van der Waals surface area contributed by atoms with Crippen molar-refractivity contribution in [3.8, 4) is 0 Å². The van der Waals surface area contributed by atoms with Crippen molar-refractivity contribution in [1.29, 1.82) is 0 Å². The summed E-state index contributed by atoms with van der Waals surface area (Å²) >= 11 is 0. The quantitative estimate of drug-likeness (QED) is 0.810. The van der Waals surface area contributed by atoms with Gasteiger partial charge >= 0.3 is 6.18 Å². The van der Waals surface area contributed by atoms with Crippen LogP contribution in [0.3, 0.4) is 0 Å². The molecule has 0 heterocycles. The fraction of sp³-hybridized carbons (Fsp3) is 0.538. The Hall–Kier alpha value is -1.30. The van der Waals surface area contributed by atoms with Gasteiger partial charge < -0.3 is 10.4 Å². The molecule has 6 heteroatoms. The predicted molar refractivity (Wildman–Crippen MR) is 63.3 cm³/mol. The summed E-state index contributed by atoms with van der Waals surface area (Å²) in [4.78, 5) is 0. The Morgan fingerprint density at radius 1 is 1.11 bits per heavy atom. The summed E-state index contributed by atoms with van der Waals surface area (Å²) in [7, 11) is 0. The molecule has 0 aliphatic heterocycles. The summed E-state index contributed by atoms with van der Waals surface area (Å²) in [5, 5.41) is 12.2. The Morgan fingerprint density at radius 3 is 2.26 bits per heavy atom. The fourth-order valence-corrected chi connectivity index (χ4v) is 2.25. The van der Waals surface area contributed by atoms with Crippen molar-refractivity contribution >= 4 is 5.69 Å². The molecular weight excluding hydrogens is 262 g/mol. The van der Waals surface area contributed by atoms with Crippen LogP contribution in [0.15, 0.2) is 18.2 Å². The highest BCUT2D eigenvalue weighted by Crippen LogP contribution is 2.32. The predicted octanol–water partition coefficient (Wildman–Crippen LogP) is 3.56. The van der Waals surface area contributed by atoms with Crippen molar-refractivity contribution in [2.24, 2.45) is 0 Å². The number of benzene rings is 1. The van der Waals surface area contributed by atoms with Crippen LogP contribution in [-0.4, -0.2) is 17.3 Å². The molecule has 0 aromatic heterocycles. The van der Waals surface area contributed by atoms with Crippen molar-refractivity contribution in [1.82, 2.24) is 0 Å². The van der Waals surface area contributed by atoms with E-state index >= 15 is 0 Å². The number of nitrogens with one attached hydrogen (secondary N) is 1. The highest BCUT2D eigenvalue weighted by atomic mass is 19.4. The molecule has 1 aliphatic rings. The maximum Gasteiger partial charge on any atom is 0.416 e. The molecule has 106 valence electrons. The van der Waals surface area contributed by atoms with Crippen molar-refractivity contribution in [2.75, 3.05) is 5.32 Å². The molecule has 0 saturated heterocycles. The van der Waals surface area contributed by atoms with Gasteiger partial charge in [-0.1, -0.05) is 0 Å².